The fraction of sp³-hybridized carbons (Fsp3) is 0.438. The number of thiocarbonyl (C=S) groups is 1. The summed E-state index contributed by atoms with van der Waals surface area (Å²) < 4.78 is 1.88. The summed E-state index contributed by atoms with van der Waals surface area (Å²) in [5, 5.41) is 19.2. The van der Waals surface area contributed by atoms with Crippen molar-refractivity contribution in [2.45, 2.75) is 26.4 Å². The molecule has 2 aromatic rings. The Morgan fingerprint density at radius 1 is 1.43 bits per heavy atom. The molecule has 1 fully saturated rings. The fourth-order valence-corrected chi connectivity index (χ4v) is 3.27. The molecule has 0 amide bonds. The van der Waals surface area contributed by atoms with Crippen LogP contribution in [0.1, 0.15) is 19.8 Å². The monoisotopic (exact) mass is 331 g/mol. The minimum absolute atomic E-state index is 0.0499. The van der Waals surface area contributed by atoms with E-state index in [1.54, 1.807) is 0 Å². The smallest absolute Gasteiger partial charge is 0.221 e. The van der Waals surface area contributed by atoms with Gasteiger partial charge in [-0.2, -0.15) is 0 Å². The van der Waals surface area contributed by atoms with Crippen molar-refractivity contribution in [1.29, 1.82) is 0 Å². The number of rotatable bonds is 3. The number of hydrogen-bond acceptors (Lipinski definition) is 4. The molecule has 6 nitrogen and oxygen atoms in total. The van der Waals surface area contributed by atoms with E-state index in [0.717, 1.165) is 24.0 Å². The number of nitrogens with two attached hydrogens (primary N) is 1. The lowest BCUT2D eigenvalue weighted by Gasteiger charge is -2.31. The molecule has 3 N–H and O–H groups in total. The molecule has 7 heteroatoms. The highest BCUT2D eigenvalue weighted by atomic mass is 32.1. The zero-order valence-electron chi connectivity index (χ0n) is 13.1. The Balaban J connectivity index is 1.99. The van der Waals surface area contributed by atoms with Crippen LogP contribution >= 0.6 is 12.2 Å². The molecule has 0 spiro atoms. The average molecular weight is 331 g/mol. The van der Waals surface area contributed by atoms with Crippen LogP contribution in [0, 0.1) is 5.92 Å². The molecule has 1 aliphatic rings. The summed E-state index contributed by atoms with van der Waals surface area (Å²) in [7, 11) is 0. The van der Waals surface area contributed by atoms with Crippen molar-refractivity contribution in [3.05, 3.63) is 24.3 Å². The second-order valence-corrected chi connectivity index (χ2v) is 6.54. The minimum atomic E-state index is -0.0499. The predicted molar refractivity (Wildman–Crippen MR) is 94.9 cm³/mol. The molecular formula is C16H21N5OS. The van der Waals surface area contributed by atoms with Crippen molar-refractivity contribution < 1.29 is 5.11 Å². The highest BCUT2D eigenvalue weighted by Crippen LogP contribution is 2.39. The van der Waals surface area contributed by atoms with Gasteiger partial charge in [0.15, 0.2) is 5.69 Å². The first-order chi connectivity index (χ1) is 11.1. The first kappa shape index (κ1) is 15.9. The van der Waals surface area contributed by atoms with E-state index in [2.05, 4.69) is 22.1 Å². The first-order valence-corrected chi connectivity index (χ1v) is 8.21. The Bertz CT molecular complexity index is 754. The molecule has 0 aliphatic carbocycles. The minimum Gasteiger partial charge on any atom is -0.493 e. The van der Waals surface area contributed by atoms with E-state index in [4.69, 9.17) is 18.0 Å². The molecule has 1 aromatic heterocycles. The number of aromatic nitrogens is 1. The maximum Gasteiger partial charge on any atom is 0.221 e. The van der Waals surface area contributed by atoms with Crippen molar-refractivity contribution >= 4 is 33.9 Å². The van der Waals surface area contributed by atoms with Crippen molar-refractivity contribution in [3.63, 3.8) is 0 Å². The molecule has 1 aromatic carbocycles. The normalized spacial score (nSPS) is 19.6. The standard InChI is InChI=1S/C16H21N5OS/c1-11-5-4-8-20(9-11)10-21-13-7-3-2-6-12(13)14(15(21)22)18-19-16(17)23/h2-3,6-7,11,22H,4-5,8-10H2,1H3,(H2,17,23). The summed E-state index contributed by atoms with van der Waals surface area (Å²) in [6.45, 7) is 4.98. The van der Waals surface area contributed by atoms with Gasteiger partial charge in [-0.25, -0.2) is 0 Å². The quantitative estimate of drug-likeness (QED) is 0.667. The molecule has 3 rings (SSSR count). The van der Waals surface area contributed by atoms with Gasteiger partial charge in [0.2, 0.25) is 11.0 Å². The molecule has 0 radical (unpaired) electrons. The Morgan fingerprint density at radius 2 is 2.22 bits per heavy atom. The van der Waals surface area contributed by atoms with E-state index in [9.17, 15) is 5.11 Å². The van der Waals surface area contributed by atoms with Crippen LogP contribution in [-0.2, 0) is 6.67 Å². The first-order valence-electron chi connectivity index (χ1n) is 7.80. The summed E-state index contributed by atoms with van der Waals surface area (Å²) in [6, 6.07) is 7.75. The van der Waals surface area contributed by atoms with E-state index < -0.39 is 0 Å². The predicted octanol–water partition coefficient (Wildman–Crippen LogP) is 3.36. The van der Waals surface area contributed by atoms with Crippen LogP contribution in [0.4, 0.5) is 5.69 Å². The number of benzene rings is 1. The van der Waals surface area contributed by atoms with Crippen molar-refractivity contribution in [3.8, 4) is 5.88 Å². The maximum absolute atomic E-state index is 10.6. The largest absolute Gasteiger partial charge is 0.493 e. The van der Waals surface area contributed by atoms with E-state index in [0.29, 0.717) is 18.3 Å². The highest BCUT2D eigenvalue weighted by Gasteiger charge is 2.21. The number of piperidine rings is 1. The number of para-hydroxylation sites is 1. The third-order valence-corrected chi connectivity index (χ3v) is 4.33. The fourth-order valence-electron chi connectivity index (χ4n) is 3.23. The van der Waals surface area contributed by atoms with Gasteiger partial charge in [-0.05, 0) is 43.6 Å². The van der Waals surface area contributed by atoms with Gasteiger partial charge in [0, 0.05) is 11.9 Å². The summed E-state index contributed by atoms with van der Waals surface area (Å²) in [6.07, 6.45) is 2.46. The number of fused-ring (bicyclic) bond motifs is 1. The van der Waals surface area contributed by atoms with Crippen LogP contribution in [0.2, 0.25) is 0 Å². The van der Waals surface area contributed by atoms with Crippen LogP contribution in [0.3, 0.4) is 0 Å². The van der Waals surface area contributed by atoms with Gasteiger partial charge in [-0.3, -0.25) is 9.47 Å². The lowest BCUT2D eigenvalue weighted by atomic mass is 10.0. The Hall–Kier alpha value is -1.99. The lowest BCUT2D eigenvalue weighted by molar-refractivity contribution is 0.143. The van der Waals surface area contributed by atoms with Gasteiger partial charge in [-0.15, -0.1) is 10.2 Å². The zero-order chi connectivity index (χ0) is 16.4. The molecular weight excluding hydrogens is 310 g/mol. The van der Waals surface area contributed by atoms with Gasteiger partial charge in [-0.1, -0.05) is 25.1 Å². The molecule has 23 heavy (non-hydrogen) atoms. The maximum atomic E-state index is 10.6. The van der Waals surface area contributed by atoms with Crippen LogP contribution in [0.15, 0.2) is 34.5 Å². The van der Waals surface area contributed by atoms with Crippen LogP contribution in [0.25, 0.3) is 10.9 Å². The molecule has 1 aliphatic heterocycles. The second-order valence-electron chi connectivity index (χ2n) is 6.12. The van der Waals surface area contributed by atoms with Gasteiger partial charge in [0.05, 0.1) is 12.2 Å². The van der Waals surface area contributed by atoms with E-state index in [-0.39, 0.29) is 11.0 Å². The number of aromatic hydroxyl groups is 1. The average Bonchev–Trinajstić information content (AvgIpc) is 2.78. The molecule has 1 atom stereocenters. The number of likely N-dealkylation sites (tertiary alicyclic amines) is 1. The van der Waals surface area contributed by atoms with Crippen LogP contribution in [0.5, 0.6) is 5.88 Å². The summed E-state index contributed by atoms with van der Waals surface area (Å²) >= 11 is 4.73. The number of azo groups is 1. The number of nitrogens with zero attached hydrogens (tertiary/aromatic N) is 4. The van der Waals surface area contributed by atoms with Gasteiger partial charge in [0.1, 0.15) is 0 Å². The Labute approximate surface area is 140 Å². The number of hydrogen-bond donors (Lipinski definition) is 2. The third kappa shape index (κ3) is 3.35. The van der Waals surface area contributed by atoms with Gasteiger partial charge >= 0.3 is 0 Å². The summed E-state index contributed by atoms with van der Waals surface area (Å²) in [4.78, 5) is 2.36. The molecule has 0 saturated carbocycles. The van der Waals surface area contributed by atoms with E-state index in [1.165, 1.54) is 12.8 Å². The summed E-state index contributed by atoms with van der Waals surface area (Å²) in [5.41, 5.74) is 6.73. The highest BCUT2D eigenvalue weighted by molar-refractivity contribution is 7.80. The third-order valence-electron chi connectivity index (χ3n) is 4.25. The lowest BCUT2D eigenvalue weighted by Crippen LogP contribution is -2.35. The van der Waals surface area contributed by atoms with Crippen molar-refractivity contribution in [2.75, 3.05) is 13.1 Å². The van der Waals surface area contributed by atoms with E-state index in [1.807, 2.05) is 28.8 Å². The van der Waals surface area contributed by atoms with Crippen molar-refractivity contribution in [2.24, 2.45) is 21.9 Å². The van der Waals surface area contributed by atoms with Crippen LogP contribution < -0.4 is 5.73 Å². The zero-order valence-corrected chi connectivity index (χ0v) is 14.0. The topological polar surface area (TPSA) is 79.1 Å². The SMILES string of the molecule is CC1CCCN(Cn2c(O)c(N=NC(N)=S)c3ccccc32)C1. The summed E-state index contributed by atoms with van der Waals surface area (Å²) in [5.74, 6) is 0.783. The van der Waals surface area contributed by atoms with Gasteiger partial charge in [0.25, 0.3) is 0 Å². The van der Waals surface area contributed by atoms with E-state index >= 15 is 0 Å². The molecule has 0 bridgehead atoms. The Morgan fingerprint density at radius 3 is 2.96 bits per heavy atom. The van der Waals surface area contributed by atoms with Crippen molar-refractivity contribution in [1.82, 2.24) is 9.47 Å². The van der Waals surface area contributed by atoms with Gasteiger partial charge < -0.3 is 10.8 Å². The Kier molecular flexibility index (Phi) is 4.58. The molecule has 1 unspecified atom stereocenters. The second kappa shape index (κ2) is 6.64. The van der Waals surface area contributed by atoms with Crippen LogP contribution in [-0.4, -0.2) is 32.8 Å². The molecule has 1 saturated heterocycles. The molecule has 122 valence electrons. The molecule has 2 heterocycles.